The molecule has 0 aliphatic heterocycles. The van der Waals surface area contributed by atoms with E-state index in [2.05, 4.69) is 5.16 Å². The molecule has 0 fully saturated rings. The van der Waals surface area contributed by atoms with Crippen LogP contribution in [-0.4, -0.2) is 5.16 Å². The highest BCUT2D eigenvalue weighted by atomic mass is 16.5. The van der Waals surface area contributed by atoms with E-state index >= 15 is 0 Å². The molecule has 3 rings (SSSR count). The van der Waals surface area contributed by atoms with Gasteiger partial charge in [-0.2, -0.15) is 0 Å². The lowest BCUT2D eigenvalue weighted by atomic mass is 10.1. The van der Waals surface area contributed by atoms with Crippen LogP contribution >= 0.6 is 0 Å². The normalized spacial score (nSPS) is 10.4. The number of aromatic nitrogens is 1. The third-order valence-corrected chi connectivity index (χ3v) is 2.94. The monoisotopic (exact) mass is 266 g/mol. The minimum Gasteiger partial charge on any atom is -0.489 e. The topological polar surface area (TPSA) is 61.3 Å². The number of nitrogen functional groups attached to an aromatic ring is 1. The van der Waals surface area contributed by atoms with Crippen LogP contribution in [-0.2, 0) is 6.61 Å². The predicted octanol–water partition coefficient (Wildman–Crippen LogP) is 3.50. The summed E-state index contributed by atoms with van der Waals surface area (Å²) in [4.78, 5) is 0. The third-order valence-electron chi connectivity index (χ3n) is 2.94. The fourth-order valence-corrected chi connectivity index (χ4v) is 1.93. The van der Waals surface area contributed by atoms with E-state index < -0.39 is 0 Å². The van der Waals surface area contributed by atoms with Crippen LogP contribution in [0.15, 0.2) is 65.3 Å². The molecule has 0 saturated carbocycles. The molecule has 4 heteroatoms. The Hall–Kier alpha value is -2.75. The van der Waals surface area contributed by atoms with Crippen LogP contribution in [0.5, 0.6) is 5.75 Å². The van der Waals surface area contributed by atoms with Gasteiger partial charge in [-0.05, 0) is 17.7 Å². The lowest BCUT2D eigenvalue weighted by molar-refractivity contribution is 0.306. The number of anilines is 1. The molecule has 2 aromatic carbocycles. The van der Waals surface area contributed by atoms with E-state index in [0.717, 1.165) is 16.9 Å². The number of hydrogen-bond donors (Lipinski definition) is 1. The second kappa shape index (κ2) is 5.48. The largest absolute Gasteiger partial charge is 0.489 e. The first kappa shape index (κ1) is 12.3. The fourth-order valence-electron chi connectivity index (χ4n) is 1.93. The van der Waals surface area contributed by atoms with Gasteiger partial charge >= 0.3 is 0 Å². The minimum atomic E-state index is 0.519. The van der Waals surface area contributed by atoms with E-state index in [1.54, 1.807) is 0 Å². The molecular formula is C16H14N2O2. The van der Waals surface area contributed by atoms with Gasteiger partial charge in [0.1, 0.15) is 18.0 Å². The molecule has 0 amide bonds. The second-order valence-electron chi connectivity index (χ2n) is 4.41. The average molecular weight is 266 g/mol. The van der Waals surface area contributed by atoms with Crippen molar-refractivity contribution < 1.29 is 9.26 Å². The Morgan fingerprint density at radius 3 is 2.65 bits per heavy atom. The molecule has 1 heterocycles. The zero-order chi connectivity index (χ0) is 13.8. The van der Waals surface area contributed by atoms with Crippen LogP contribution in [0, 0.1) is 0 Å². The SMILES string of the molecule is Nc1cnoc1-c1cccc(OCc2ccccc2)c1. The molecular weight excluding hydrogens is 252 g/mol. The van der Waals surface area contributed by atoms with E-state index in [9.17, 15) is 0 Å². The van der Waals surface area contributed by atoms with Gasteiger partial charge in [0, 0.05) is 5.56 Å². The van der Waals surface area contributed by atoms with Gasteiger partial charge in [0.15, 0.2) is 5.76 Å². The average Bonchev–Trinajstić information content (AvgIpc) is 2.93. The minimum absolute atomic E-state index is 0.519. The van der Waals surface area contributed by atoms with Gasteiger partial charge in [-0.25, -0.2) is 0 Å². The summed E-state index contributed by atoms with van der Waals surface area (Å²) in [5, 5.41) is 3.68. The summed E-state index contributed by atoms with van der Waals surface area (Å²) >= 11 is 0. The maximum atomic E-state index is 5.79. The molecule has 0 radical (unpaired) electrons. The molecule has 0 spiro atoms. The van der Waals surface area contributed by atoms with Gasteiger partial charge in [-0.15, -0.1) is 0 Å². The number of benzene rings is 2. The molecule has 20 heavy (non-hydrogen) atoms. The molecule has 0 unspecified atom stereocenters. The Kier molecular flexibility index (Phi) is 3.37. The molecule has 2 N–H and O–H groups in total. The van der Waals surface area contributed by atoms with Crippen LogP contribution < -0.4 is 10.5 Å². The summed E-state index contributed by atoms with van der Waals surface area (Å²) < 4.78 is 10.9. The highest BCUT2D eigenvalue weighted by molar-refractivity contribution is 5.70. The van der Waals surface area contributed by atoms with Crippen molar-refractivity contribution in [2.24, 2.45) is 0 Å². The quantitative estimate of drug-likeness (QED) is 0.785. The number of ether oxygens (including phenoxy) is 1. The summed E-state index contributed by atoms with van der Waals surface area (Å²) in [5.74, 6) is 1.33. The fraction of sp³-hybridized carbons (Fsp3) is 0.0625. The molecule has 0 aliphatic rings. The van der Waals surface area contributed by atoms with Crippen LogP contribution in [0.4, 0.5) is 5.69 Å². The van der Waals surface area contributed by atoms with Crippen molar-refractivity contribution in [1.82, 2.24) is 5.16 Å². The molecule has 100 valence electrons. The van der Waals surface area contributed by atoms with Crippen LogP contribution in [0.2, 0.25) is 0 Å². The van der Waals surface area contributed by atoms with Gasteiger partial charge in [0.25, 0.3) is 0 Å². The summed E-state index contributed by atoms with van der Waals surface area (Å²) in [7, 11) is 0. The first-order valence-electron chi connectivity index (χ1n) is 6.30. The summed E-state index contributed by atoms with van der Waals surface area (Å²) in [6, 6.07) is 17.6. The van der Waals surface area contributed by atoms with E-state index in [1.807, 2.05) is 54.6 Å². The maximum absolute atomic E-state index is 5.79. The Morgan fingerprint density at radius 1 is 1.05 bits per heavy atom. The van der Waals surface area contributed by atoms with Gasteiger partial charge in [-0.1, -0.05) is 47.6 Å². The number of nitrogens with zero attached hydrogens (tertiary/aromatic N) is 1. The smallest absolute Gasteiger partial charge is 0.189 e. The summed E-state index contributed by atoms with van der Waals surface area (Å²) in [6.07, 6.45) is 1.49. The van der Waals surface area contributed by atoms with E-state index in [4.69, 9.17) is 15.0 Å². The van der Waals surface area contributed by atoms with Crippen molar-refractivity contribution in [3.63, 3.8) is 0 Å². The third kappa shape index (κ3) is 2.64. The molecule has 0 bridgehead atoms. The van der Waals surface area contributed by atoms with Crippen molar-refractivity contribution in [3.05, 3.63) is 66.4 Å². The van der Waals surface area contributed by atoms with Crippen molar-refractivity contribution in [1.29, 1.82) is 0 Å². The zero-order valence-corrected chi connectivity index (χ0v) is 10.8. The molecule has 3 aromatic rings. The first-order valence-corrected chi connectivity index (χ1v) is 6.30. The van der Waals surface area contributed by atoms with Crippen LogP contribution in [0.3, 0.4) is 0 Å². The summed E-state index contributed by atoms with van der Waals surface area (Å²) in [5.41, 5.74) is 8.28. The Bertz CT molecular complexity index is 692. The van der Waals surface area contributed by atoms with E-state index in [1.165, 1.54) is 6.20 Å². The Morgan fingerprint density at radius 2 is 1.90 bits per heavy atom. The highest BCUT2D eigenvalue weighted by Crippen LogP contribution is 2.28. The van der Waals surface area contributed by atoms with Crippen molar-refractivity contribution in [3.8, 4) is 17.1 Å². The molecule has 0 atom stereocenters. The predicted molar refractivity (Wildman–Crippen MR) is 77.1 cm³/mol. The van der Waals surface area contributed by atoms with E-state index in [-0.39, 0.29) is 0 Å². The molecule has 0 aliphatic carbocycles. The number of rotatable bonds is 4. The van der Waals surface area contributed by atoms with Gasteiger partial charge in [0.05, 0.1) is 6.20 Å². The second-order valence-corrected chi connectivity index (χ2v) is 4.41. The van der Waals surface area contributed by atoms with Crippen LogP contribution in [0.1, 0.15) is 5.56 Å². The molecule has 4 nitrogen and oxygen atoms in total. The number of nitrogens with two attached hydrogens (primary N) is 1. The highest BCUT2D eigenvalue weighted by Gasteiger charge is 2.08. The molecule has 0 saturated heterocycles. The van der Waals surface area contributed by atoms with Crippen molar-refractivity contribution >= 4 is 5.69 Å². The van der Waals surface area contributed by atoms with Crippen molar-refractivity contribution in [2.75, 3.05) is 5.73 Å². The lowest BCUT2D eigenvalue weighted by Crippen LogP contribution is -1.95. The van der Waals surface area contributed by atoms with Crippen LogP contribution in [0.25, 0.3) is 11.3 Å². The van der Waals surface area contributed by atoms with Crippen molar-refractivity contribution in [2.45, 2.75) is 6.61 Å². The standard InChI is InChI=1S/C16H14N2O2/c17-15-10-18-20-16(15)13-7-4-8-14(9-13)19-11-12-5-2-1-3-6-12/h1-10H,11,17H2. The van der Waals surface area contributed by atoms with E-state index in [0.29, 0.717) is 18.1 Å². The molecule has 1 aromatic heterocycles. The zero-order valence-electron chi connectivity index (χ0n) is 10.8. The Labute approximate surface area is 116 Å². The Balaban J connectivity index is 1.77. The van der Waals surface area contributed by atoms with Gasteiger partial charge in [-0.3, -0.25) is 0 Å². The summed E-state index contributed by atoms with van der Waals surface area (Å²) in [6.45, 7) is 0.524. The van der Waals surface area contributed by atoms with Gasteiger partial charge < -0.3 is 15.0 Å². The number of hydrogen-bond acceptors (Lipinski definition) is 4. The first-order chi connectivity index (χ1) is 9.83. The lowest BCUT2D eigenvalue weighted by Gasteiger charge is -2.07. The maximum Gasteiger partial charge on any atom is 0.189 e. The van der Waals surface area contributed by atoms with Gasteiger partial charge in [0.2, 0.25) is 0 Å².